The van der Waals surface area contributed by atoms with Gasteiger partial charge in [-0.2, -0.15) is 0 Å². The summed E-state index contributed by atoms with van der Waals surface area (Å²) in [7, 11) is 0. The molecule has 3 nitrogen and oxygen atoms in total. The summed E-state index contributed by atoms with van der Waals surface area (Å²) in [6.07, 6.45) is 1.49. The van der Waals surface area contributed by atoms with Crippen molar-refractivity contribution in [3.8, 4) is 0 Å². The average Bonchev–Trinajstić information content (AvgIpc) is 2.03. The molecule has 1 rings (SSSR count). The SMILES string of the molecule is CC(=O)CCC1(C)COCOC1. The standard InChI is InChI=1S/C9H16O3/c1-8(10)3-4-9(2)5-11-7-12-6-9/h3-7H2,1-2H3. The second-order valence-corrected chi connectivity index (χ2v) is 3.83. The van der Waals surface area contributed by atoms with Crippen LogP contribution in [0.1, 0.15) is 26.7 Å². The van der Waals surface area contributed by atoms with Gasteiger partial charge >= 0.3 is 0 Å². The monoisotopic (exact) mass is 172 g/mol. The summed E-state index contributed by atoms with van der Waals surface area (Å²) in [5.41, 5.74) is 0.0456. The third kappa shape index (κ3) is 2.91. The lowest BCUT2D eigenvalue weighted by Gasteiger charge is -2.32. The predicted molar refractivity (Wildman–Crippen MR) is 44.8 cm³/mol. The Bertz CT molecular complexity index is 159. The number of hydrogen-bond donors (Lipinski definition) is 0. The maximum atomic E-state index is 10.7. The predicted octanol–water partition coefficient (Wildman–Crippen LogP) is 1.37. The summed E-state index contributed by atoms with van der Waals surface area (Å²) < 4.78 is 10.4. The molecule has 0 aliphatic carbocycles. The number of Topliss-reactive ketones (excluding diaryl/α,β-unsaturated/α-hetero) is 1. The second kappa shape index (κ2) is 4.01. The van der Waals surface area contributed by atoms with Gasteiger partial charge in [0.1, 0.15) is 12.6 Å². The van der Waals surface area contributed by atoms with Crippen LogP contribution < -0.4 is 0 Å². The van der Waals surface area contributed by atoms with E-state index in [4.69, 9.17) is 9.47 Å². The lowest BCUT2D eigenvalue weighted by Crippen LogP contribution is -2.35. The van der Waals surface area contributed by atoms with Crippen molar-refractivity contribution in [1.29, 1.82) is 0 Å². The van der Waals surface area contributed by atoms with Crippen LogP contribution in [0, 0.1) is 5.41 Å². The Balaban J connectivity index is 2.31. The summed E-state index contributed by atoms with van der Waals surface area (Å²) in [6.45, 7) is 5.53. The largest absolute Gasteiger partial charge is 0.355 e. The van der Waals surface area contributed by atoms with Gasteiger partial charge in [0.2, 0.25) is 0 Å². The number of hydrogen-bond acceptors (Lipinski definition) is 3. The Hall–Kier alpha value is -0.410. The molecule has 0 saturated carbocycles. The summed E-state index contributed by atoms with van der Waals surface area (Å²) in [5.74, 6) is 0.238. The zero-order valence-electron chi connectivity index (χ0n) is 7.76. The molecule has 0 unspecified atom stereocenters. The van der Waals surface area contributed by atoms with Gasteiger partial charge in [-0.05, 0) is 13.3 Å². The number of carbonyl (C=O) groups is 1. The maximum Gasteiger partial charge on any atom is 0.146 e. The second-order valence-electron chi connectivity index (χ2n) is 3.83. The molecule has 1 fully saturated rings. The maximum absolute atomic E-state index is 10.7. The van der Waals surface area contributed by atoms with Gasteiger partial charge in [0.25, 0.3) is 0 Å². The van der Waals surface area contributed by atoms with Crippen molar-refractivity contribution in [1.82, 2.24) is 0 Å². The lowest BCUT2D eigenvalue weighted by molar-refractivity contribution is -0.161. The van der Waals surface area contributed by atoms with Crippen LogP contribution in [0.4, 0.5) is 0 Å². The molecule has 3 heteroatoms. The van der Waals surface area contributed by atoms with E-state index in [2.05, 4.69) is 6.92 Å². The van der Waals surface area contributed by atoms with E-state index in [1.54, 1.807) is 6.92 Å². The van der Waals surface area contributed by atoms with E-state index in [1.165, 1.54) is 0 Å². The fraction of sp³-hybridized carbons (Fsp3) is 0.889. The van der Waals surface area contributed by atoms with E-state index < -0.39 is 0 Å². The number of rotatable bonds is 3. The lowest BCUT2D eigenvalue weighted by atomic mass is 9.86. The van der Waals surface area contributed by atoms with Gasteiger partial charge in [-0.25, -0.2) is 0 Å². The highest BCUT2D eigenvalue weighted by Crippen LogP contribution is 2.26. The van der Waals surface area contributed by atoms with Gasteiger partial charge in [0.05, 0.1) is 13.2 Å². The smallest absolute Gasteiger partial charge is 0.146 e. The number of ketones is 1. The van der Waals surface area contributed by atoms with Gasteiger partial charge in [0, 0.05) is 11.8 Å². The van der Waals surface area contributed by atoms with Crippen LogP contribution in [0.3, 0.4) is 0 Å². The molecule has 0 aromatic carbocycles. The van der Waals surface area contributed by atoms with Crippen molar-refractivity contribution in [2.45, 2.75) is 26.7 Å². The van der Waals surface area contributed by atoms with Crippen molar-refractivity contribution < 1.29 is 14.3 Å². The van der Waals surface area contributed by atoms with E-state index in [0.29, 0.717) is 26.4 Å². The molecule has 0 radical (unpaired) electrons. The minimum absolute atomic E-state index is 0.0456. The first-order chi connectivity index (χ1) is 5.62. The van der Waals surface area contributed by atoms with E-state index in [-0.39, 0.29) is 11.2 Å². The van der Waals surface area contributed by atoms with Crippen LogP contribution in [-0.4, -0.2) is 25.8 Å². The van der Waals surface area contributed by atoms with Crippen LogP contribution in [0.2, 0.25) is 0 Å². The molecule has 0 aromatic heterocycles. The van der Waals surface area contributed by atoms with Gasteiger partial charge in [0.15, 0.2) is 0 Å². The quantitative estimate of drug-likeness (QED) is 0.645. The molecule has 1 aliphatic heterocycles. The van der Waals surface area contributed by atoms with Crippen molar-refractivity contribution in [3.05, 3.63) is 0 Å². The third-order valence-corrected chi connectivity index (χ3v) is 2.15. The minimum atomic E-state index is 0.0456. The highest BCUT2D eigenvalue weighted by atomic mass is 16.7. The first-order valence-corrected chi connectivity index (χ1v) is 4.27. The minimum Gasteiger partial charge on any atom is -0.355 e. The summed E-state index contributed by atoms with van der Waals surface area (Å²) in [4.78, 5) is 10.7. The highest BCUT2D eigenvalue weighted by Gasteiger charge is 2.28. The fourth-order valence-corrected chi connectivity index (χ4v) is 1.30. The first kappa shape index (κ1) is 9.68. The molecule has 1 aliphatic rings. The van der Waals surface area contributed by atoms with E-state index >= 15 is 0 Å². The molecule has 12 heavy (non-hydrogen) atoms. The van der Waals surface area contributed by atoms with E-state index in [0.717, 1.165) is 6.42 Å². The number of ether oxygens (including phenoxy) is 2. The molecule has 70 valence electrons. The summed E-state index contributed by atoms with van der Waals surface area (Å²) in [6, 6.07) is 0. The zero-order chi connectivity index (χ0) is 9.03. The van der Waals surface area contributed by atoms with Crippen LogP contribution in [0.25, 0.3) is 0 Å². The Morgan fingerprint density at radius 3 is 2.50 bits per heavy atom. The zero-order valence-corrected chi connectivity index (χ0v) is 7.76. The molecule has 0 spiro atoms. The average molecular weight is 172 g/mol. The third-order valence-electron chi connectivity index (χ3n) is 2.15. The topological polar surface area (TPSA) is 35.5 Å². The fourth-order valence-electron chi connectivity index (χ4n) is 1.30. The molecule has 0 atom stereocenters. The Kier molecular flexibility index (Phi) is 3.23. The molecule has 0 amide bonds. The normalized spacial score (nSPS) is 22.2. The first-order valence-electron chi connectivity index (χ1n) is 4.27. The van der Waals surface area contributed by atoms with Crippen LogP contribution in [-0.2, 0) is 14.3 Å². The molecule has 0 aromatic rings. The van der Waals surface area contributed by atoms with Crippen molar-refractivity contribution in [3.63, 3.8) is 0 Å². The van der Waals surface area contributed by atoms with Gasteiger partial charge in [-0.3, -0.25) is 0 Å². The van der Waals surface area contributed by atoms with Crippen LogP contribution >= 0.6 is 0 Å². The van der Waals surface area contributed by atoms with Gasteiger partial charge in [-0.15, -0.1) is 0 Å². The van der Waals surface area contributed by atoms with Gasteiger partial charge in [-0.1, -0.05) is 6.92 Å². The Morgan fingerprint density at radius 2 is 2.00 bits per heavy atom. The Morgan fingerprint density at radius 1 is 1.42 bits per heavy atom. The molecular formula is C9H16O3. The van der Waals surface area contributed by atoms with Gasteiger partial charge < -0.3 is 14.3 Å². The van der Waals surface area contributed by atoms with Crippen molar-refractivity contribution >= 4 is 5.78 Å². The summed E-state index contributed by atoms with van der Waals surface area (Å²) in [5, 5.41) is 0. The van der Waals surface area contributed by atoms with Crippen molar-refractivity contribution in [2.24, 2.45) is 5.41 Å². The van der Waals surface area contributed by atoms with E-state index in [1.807, 2.05) is 0 Å². The van der Waals surface area contributed by atoms with Crippen molar-refractivity contribution in [2.75, 3.05) is 20.0 Å². The number of carbonyl (C=O) groups excluding carboxylic acids is 1. The highest BCUT2D eigenvalue weighted by molar-refractivity contribution is 5.75. The molecule has 0 N–H and O–H groups in total. The summed E-state index contributed by atoms with van der Waals surface area (Å²) >= 11 is 0. The molecule has 1 heterocycles. The van der Waals surface area contributed by atoms with Crippen LogP contribution in [0.5, 0.6) is 0 Å². The Labute approximate surface area is 73.0 Å². The van der Waals surface area contributed by atoms with Crippen LogP contribution in [0.15, 0.2) is 0 Å². The molecule has 0 bridgehead atoms. The molecule has 1 saturated heterocycles. The van der Waals surface area contributed by atoms with E-state index in [9.17, 15) is 4.79 Å². The molecular weight excluding hydrogens is 156 g/mol.